The average Bonchev–Trinajstić information content (AvgIpc) is 2.35. The molecular weight excluding hydrogens is 262 g/mol. The number of rotatable bonds is 3. The van der Waals surface area contributed by atoms with E-state index in [9.17, 15) is 0 Å². The fraction of sp³-hybridized carbons (Fsp3) is 0.600. The van der Waals surface area contributed by atoms with E-state index in [2.05, 4.69) is 31.7 Å². The van der Waals surface area contributed by atoms with Gasteiger partial charge in [-0.05, 0) is 50.5 Å². The quantitative estimate of drug-likeness (QED) is 0.848. The summed E-state index contributed by atoms with van der Waals surface area (Å²) >= 11 is 6.29. The van der Waals surface area contributed by atoms with Gasteiger partial charge in [-0.3, -0.25) is 4.90 Å². The minimum Gasteiger partial charge on any atom is -0.497 e. The highest BCUT2D eigenvalue weighted by molar-refractivity contribution is 6.31. The Morgan fingerprint density at radius 3 is 2.68 bits per heavy atom. The summed E-state index contributed by atoms with van der Waals surface area (Å²) in [6, 6.07) is 3.96. The van der Waals surface area contributed by atoms with Gasteiger partial charge >= 0.3 is 0 Å². The van der Waals surface area contributed by atoms with Crippen LogP contribution in [0, 0.1) is 0 Å². The first kappa shape index (κ1) is 14.6. The SMILES string of the molecule is COc1cc(Cl)c2c(c1)CN(COC(C)(C)C)CC2. The van der Waals surface area contributed by atoms with Crippen LogP contribution in [0.1, 0.15) is 31.9 Å². The Morgan fingerprint density at radius 1 is 1.32 bits per heavy atom. The predicted molar refractivity (Wildman–Crippen MR) is 77.8 cm³/mol. The van der Waals surface area contributed by atoms with E-state index in [4.69, 9.17) is 21.1 Å². The molecule has 0 unspecified atom stereocenters. The van der Waals surface area contributed by atoms with Crippen LogP contribution in [-0.4, -0.2) is 30.9 Å². The summed E-state index contributed by atoms with van der Waals surface area (Å²) in [5.74, 6) is 0.822. The average molecular weight is 284 g/mol. The van der Waals surface area contributed by atoms with Gasteiger partial charge in [0.05, 0.1) is 19.4 Å². The van der Waals surface area contributed by atoms with Crippen LogP contribution in [0.5, 0.6) is 5.75 Å². The Balaban J connectivity index is 2.08. The van der Waals surface area contributed by atoms with Crippen molar-refractivity contribution in [1.29, 1.82) is 0 Å². The van der Waals surface area contributed by atoms with E-state index in [1.807, 2.05) is 6.07 Å². The molecule has 0 aliphatic carbocycles. The largest absolute Gasteiger partial charge is 0.497 e. The standard InChI is InChI=1S/C15H22ClNO2/c1-15(2,3)19-10-17-6-5-13-11(9-17)7-12(18-4)8-14(13)16/h7-8H,5-6,9-10H2,1-4H3. The zero-order valence-corrected chi connectivity index (χ0v) is 12.9. The maximum atomic E-state index is 6.29. The van der Waals surface area contributed by atoms with Crippen molar-refractivity contribution in [3.8, 4) is 5.75 Å². The molecule has 19 heavy (non-hydrogen) atoms. The minimum absolute atomic E-state index is 0.105. The summed E-state index contributed by atoms with van der Waals surface area (Å²) in [4.78, 5) is 2.29. The van der Waals surface area contributed by atoms with E-state index in [1.165, 1.54) is 11.1 Å². The molecule has 2 rings (SSSR count). The lowest BCUT2D eigenvalue weighted by atomic mass is 9.99. The van der Waals surface area contributed by atoms with Crippen molar-refractivity contribution in [1.82, 2.24) is 4.90 Å². The minimum atomic E-state index is -0.105. The van der Waals surface area contributed by atoms with E-state index >= 15 is 0 Å². The summed E-state index contributed by atoms with van der Waals surface area (Å²) in [7, 11) is 1.67. The van der Waals surface area contributed by atoms with Crippen molar-refractivity contribution in [3.05, 3.63) is 28.3 Å². The molecule has 0 saturated heterocycles. The number of hydrogen-bond donors (Lipinski definition) is 0. The second-order valence-corrected chi connectivity index (χ2v) is 6.34. The van der Waals surface area contributed by atoms with Crippen LogP contribution in [-0.2, 0) is 17.7 Å². The van der Waals surface area contributed by atoms with Crippen molar-refractivity contribution < 1.29 is 9.47 Å². The Hall–Kier alpha value is -0.770. The molecule has 0 aromatic heterocycles. The molecule has 4 heteroatoms. The normalized spacial score (nSPS) is 16.3. The lowest BCUT2D eigenvalue weighted by Gasteiger charge is -2.32. The van der Waals surface area contributed by atoms with Gasteiger partial charge in [0.1, 0.15) is 5.75 Å². The van der Waals surface area contributed by atoms with Crippen LogP contribution in [0.3, 0.4) is 0 Å². The molecule has 0 saturated carbocycles. The predicted octanol–water partition coefficient (Wildman–Crippen LogP) is 3.48. The summed E-state index contributed by atoms with van der Waals surface area (Å²) in [6.45, 7) is 8.72. The van der Waals surface area contributed by atoms with Crippen molar-refractivity contribution in [2.75, 3.05) is 20.4 Å². The zero-order chi connectivity index (χ0) is 14.0. The number of methoxy groups -OCH3 is 1. The van der Waals surface area contributed by atoms with E-state index in [0.717, 1.165) is 30.3 Å². The van der Waals surface area contributed by atoms with Crippen LogP contribution in [0.25, 0.3) is 0 Å². The van der Waals surface area contributed by atoms with Gasteiger partial charge in [0, 0.05) is 18.1 Å². The van der Waals surface area contributed by atoms with Crippen molar-refractivity contribution in [2.45, 2.75) is 39.3 Å². The van der Waals surface area contributed by atoms with Gasteiger partial charge in [-0.1, -0.05) is 11.6 Å². The van der Waals surface area contributed by atoms with Gasteiger partial charge in [0.25, 0.3) is 0 Å². The molecule has 1 aliphatic rings. The number of hydrogen-bond acceptors (Lipinski definition) is 3. The molecule has 0 N–H and O–H groups in total. The van der Waals surface area contributed by atoms with Crippen LogP contribution in [0.15, 0.2) is 12.1 Å². The zero-order valence-electron chi connectivity index (χ0n) is 12.1. The molecule has 1 heterocycles. The van der Waals surface area contributed by atoms with Gasteiger partial charge in [-0.25, -0.2) is 0 Å². The Morgan fingerprint density at radius 2 is 2.05 bits per heavy atom. The van der Waals surface area contributed by atoms with E-state index in [-0.39, 0.29) is 5.60 Å². The van der Waals surface area contributed by atoms with Gasteiger partial charge in [0.15, 0.2) is 0 Å². The molecule has 106 valence electrons. The van der Waals surface area contributed by atoms with Crippen molar-refractivity contribution in [2.24, 2.45) is 0 Å². The molecule has 1 aliphatic heterocycles. The third kappa shape index (κ3) is 3.85. The number of fused-ring (bicyclic) bond motifs is 1. The first-order chi connectivity index (χ1) is 8.89. The highest BCUT2D eigenvalue weighted by Gasteiger charge is 2.21. The molecule has 0 fully saturated rings. The second kappa shape index (κ2) is 5.70. The van der Waals surface area contributed by atoms with Crippen LogP contribution < -0.4 is 4.74 Å². The van der Waals surface area contributed by atoms with Gasteiger partial charge < -0.3 is 9.47 Å². The van der Waals surface area contributed by atoms with Gasteiger partial charge in [-0.2, -0.15) is 0 Å². The smallest absolute Gasteiger partial charge is 0.120 e. The molecule has 0 radical (unpaired) electrons. The Bertz CT molecular complexity index is 454. The molecule has 0 spiro atoms. The highest BCUT2D eigenvalue weighted by atomic mass is 35.5. The third-order valence-electron chi connectivity index (χ3n) is 3.25. The number of benzene rings is 1. The summed E-state index contributed by atoms with van der Waals surface area (Å²) in [5.41, 5.74) is 2.38. The first-order valence-electron chi connectivity index (χ1n) is 6.60. The molecule has 3 nitrogen and oxygen atoms in total. The van der Waals surface area contributed by atoms with E-state index in [0.29, 0.717) is 6.73 Å². The van der Waals surface area contributed by atoms with Crippen LogP contribution >= 0.6 is 11.6 Å². The summed E-state index contributed by atoms with van der Waals surface area (Å²) < 4.78 is 11.1. The fourth-order valence-corrected chi connectivity index (χ4v) is 2.51. The second-order valence-electron chi connectivity index (χ2n) is 5.94. The molecule has 1 aromatic rings. The first-order valence-corrected chi connectivity index (χ1v) is 6.98. The fourth-order valence-electron chi connectivity index (χ4n) is 2.19. The molecule has 0 amide bonds. The maximum absolute atomic E-state index is 6.29. The number of halogens is 1. The summed E-state index contributed by atoms with van der Waals surface area (Å²) in [6.07, 6.45) is 0.964. The molecule has 0 bridgehead atoms. The lowest BCUT2D eigenvalue weighted by molar-refractivity contribution is -0.0674. The monoisotopic (exact) mass is 283 g/mol. The van der Waals surface area contributed by atoms with Gasteiger partial charge in [0.2, 0.25) is 0 Å². The highest BCUT2D eigenvalue weighted by Crippen LogP contribution is 2.31. The summed E-state index contributed by atoms with van der Waals surface area (Å²) in [5, 5.41) is 0.811. The lowest BCUT2D eigenvalue weighted by Crippen LogP contribution is -2.36. The van der Waals surface area contributed by atoms with Crippen molar-refractivity contribution in [3.63, 3.8) is 0 Å². The van der Waals surface area contributed by atoms with E-state index in [1.54, 1.807) is 7.11 Å². The van der Waals surface area contributed by atoms with Crippen LogP contribution in [0.4, 0.5) is 0 Å². The maximum Gasteiger partial charge on any atom is 0.120 e. The van der Waals surface area contributed by atoms with Gasteiger partial charge in [-0.15, -0.1) is 0 Å². The Labute approximate surface area is 120 Å². The molecule has 1 aromatic carbocycles. The third-order valence-corrected chi connectivity index (χ3v) is 3.59. The number of ether oxygens (including phenoxy) is 2. The molecule has 0 atom stereocenters. The number of nitrogens with zero attached hydrogens (tertiary/aromatic N) is 1. The van der Waals surface area contributed by atoms with E-state index < -0.39 is 0 Å². The van der Waals surface area contributed by atoms with Crippen LogP contribution in [0.2, 0.25) is 5.02 Å². The Kier molecular flexibility index (Phi) is 4.39. The van der Waals surface area contributed by atoms with Crippen molar-refractivity contribution >= 4 is 11.6 Å². The topological polar surface area (TPSA) is 21.7 Å². The molecular formula is C15H22ClNO2.